The van der Waals surface area contributed by atoms with Crippen LogP contribution < -0.4 is 0 Å². The molecule has 0 amide bonds. The fourth-order valence-electron chi connectivity index (χ4n) is 3.27. The molecule has 4 atom stereocenters. The van der Waals surface area contributed by atoms with E-state index in [2.05, 4.69) is 0 Å². The molecular weight excluding hydrogens is 432 g/mol. The molecule has 0 spiro atoms. The molecule has 9 nitrogen and oxygen atoms in total. The van der Waals surface area contributed by atoms with Gasteiger partial charge in [-0.2, -0.15) is 0 Å². The van der Waals surface area contributed by atoms with Gasteiger partial charge in [0.1, 0.15) is 6.10 Å². The first-order valence-corrected chi connectivity index (χ1v) is 10.6. The van der Waals surface area contributed by atoms with E-state index in [-0.39, 0.29) is 25.2 Å². The van der Waals surface area contributed by atoms with Crippen LogP contribution in [0.5, 0.6) is 0 Å². The summed E-state index contributed by atoms with van der Waals surface area (Å²) < 4.78 is 22.1. The summed E-state index contributed by atoms with van der Waals surface area (Å²) in [6.45, 7) is -0.0228. The minimum atomic E-state index is -1.43. The predicted molar refractivity (Wildman–Crippen MR) is 114 cm³/mol. The van der Waals surface area contributed by atoms with E-state index in [1.807, 2.05) is 0 Å². The van der Waals surface area contributed by atoms with Crippen LogP contribution in [0.1, 0.15) is 40.0 Å². The maximum absolute atomic E-state index is 12.6. The topological polar surface area (TPSA) is 129 Å². The van der Waals surface area contributed by atoms with E-state index in [9.17, 15) is 19.5 Å². The van der Waals surface area contributed by atoms with Crippen LogP contribution in [0.4, 0.5) is 0 Å². The molecule has 2 aromatic carbocycles. The van der Waals surface area contributed by atoms with Gasteiger partial charge in [0.25, 0.3) is 0 Å². The molecular formula is C24H26O9. The van der Waals surface area contributed by atoms with E-state index >= 15 is 0 Å². The van der Waals surface area contributed by atoms with Crippen LogP contribution in [0.3, 0.4) is 0 Å². The van der Waals surface area contributed by atoms with E-state index in [1.54, 1.807) is 60.7 Å². The molecule has 0 aromatic heterocycles. The van der Waals surface area contributed by atoms with Crippen LogP contribution in [-0.2, 0) is 23.7 Å². The van der Waals surface area contributed by atoms with Gasteiger partial charge in [-0.1, -0.05) is 36.4 Å². The first kappa shape index (κ1) is 24.4. The Balaban J connectivity index is 1.67. The van der Waals surface area contributed by atoms with E-state index in [1.165, 1.54) is 0 Å². The number of esters is 2. The van der Waals surface area contributed by atoms with Gasteiger partial charge in [-0.25, -0.2) is 9.59 Å². The second kappa shape index (κ2) is 12.1. The average Bonchev–Trinajstić information content (AvgIpc) is 2.83. The van der Waals surface area contributed by atoms with Gasteiger partial charge in [0.2, 0.25) is 0 Å². The highest BCUT2D eigenvalue weighted by molar-refractivity contribution is 5.90. The minimum absolute atomic E-state index is 0.00621. The predicted octanol–water partition coefficient (Wildman–Crippen LogP) is 2.43. The summed E-state index contributed by atoms with van der Waals surface area (Å²) in [6.07, 6.45) is -4.00. The van der Waals surface area contributed by atoms with Crippen molar-refractivity contribution in [3.8, 4) is 0 Å². The summed E-state index contributed by atoms with van der Waals surface area (Å²) in [5.74, 6) is -2.24. The Morgan fingerprint density at radius 2 is 1.45 bits per heavy atom. The number of aliphatic carboxylic acids is 1. The molecule has 2 aromatic rings. The van der Waals surface area contributed by atoms with Crippen LogP contribution in [0.25, 0.3) is 0 Å². The molecule has 2 N–H and O–H groups in total. The number of rotatable bonds is 10. The van der Waals surface area contributed by atoms with Crippen molar-refractivity contribution in [2.24, 2.45) is 0 Å². The fourth-order valence-corrected chi connectivity index (χ4v) is 3.27. The molecule has 0 saturated carbocycles. The first-order chi connectivity index (χ1) is 16.0. The van der Waals surface area contributed by atoms with Gasteiger partial charge in [-0.3, -0.25) is 4.79 Å². The van der Waals surface area contributed by atoms with Crippen molar-refractivity contribution in [3.05, 3.63) is 71.8 Å². The van der Waals surface area contributed by atoms with Crippen molar-refractivity contribution in [1.29, 1.82) is 0 Å². The smallest absolute Gasteiger partial charge is 0.338 e. The van der Waals surface area contributed by atoms with Crippen LogP contribution in [-0.4, -0.2) is 65.9 Å². The van der Waals surface area contributed by atoms with Crippen LogP contribution in [0.15, 0.2) is 60.7 Å². The zero-order valence-corrected chi connectivity index (χ0v) is 17.9. The van der Waals surface area contributed by atoms with Crippen molar-refractivity contribution in [1.82, 2.24) is 0 Å². The maximum Gasteiger partial charge on any atom is 0.338 e. The molecule has 0 aliphatic carbocycles. The molecule has 1 aliphatic rings. The summed E-state index contributed by atoms with van der Waals surface area (Å²) in [5, 5.41) is 19.5. The number of unbranched alkanes of at least 4 members (excludes halogenated alkanes) is 1. The van der Waals surface area contributed by atoms with Crippen molar-refractivity contribution < 1.29 is 43.5 Å². The number of carboxylic acids is 1. The molecule has 0 bridgehead atoms. The minimum Gasteiger partial charge on any atom is -0.481 e. The van der Waals surface area contributed by atoms with Crippen LogP contribution in [0, 0.1) is 0 Å². The second-order valence-corrected chi connectivity index (χ2v) is 7.46. The lowest BCUT2D eigenvalue weighted by Gasteiger charge is -2.38. The third-order valence-electron chi connectivity index (χ3n) is 4.99. The number of ether oxygens (including phenoxy) is 4. The number of aliphatic hydroxyl groups is 1. The van der Waals surface area contributed by atoms with Crippen molar-refractivity contribution in [2.75, 3.05) is 13.2 Å². The largest absolute Gasteiger partial charge is 0.481 e. The van der Waals surface area contributed by atoms with E-state index < -0.39 is 42.5 Å². The molecule has 1 unspecified atom stereocenters. The number of benzene rings is 2. The Labute approximate surface area is 190 Å². The highest BCUT2D eigenvalue weighted by atomic mass is 16.7. The summed E-state index contributed by atoms with van der Waals surface area (Å²) in [7, 11) is 0. The van der Waals surface area contributed by atoms with E-state index in [4.69, 9.17) is 24.1 Å². The third-order valence-corrected chi connectivity index (χ3v) is 4.99. The lowest BCUT2D eigenvalue weighted by molar-refractivity contribution is -0.269. The fraction of sp³-hybridized carbons (Fsp3) is 0.375. The SMILES string of the molecule is O=C(O)CCCCO[C@H]1OC[C@@H](OC(=O)c2ccccc2)C(OC(=O)c2ccccc2)[C@H]1O. The standard InChI is InChI=1S/C24H26O9/c25-19(26)13-7-8-14-30-24-20(27)21(33-23(29)17-11-5-2-6-12-17)18(15-31-24)32-22(28)16-9-3-1-4-10-16/h1-6,9-12,18,20-21,24,27H,7-8,13-15H2,(H,25,26)/t18-,20-,21?,24+/m1/s1. The number of hydrogen-bond donors (Lipinski definition) is 2. The molecule has 176 valence electrons. The zero-order valence-electron chi connectivity index (χ0n) is 17.9. The van der Waals surface area contributed by atoms with Gasteiger partial charge in [0.15, 0.2) is 18.5 Å². The molecule has 1 saturated heterocycles. The van der Waals surface area contributed by atoms with Gasteiger partial charge in [-0.05, 0) is 37.1 Å². The van der Waals surface area contributed by atoms with Crippen LogP contribution >= 0.6 is 0 Å². The average molecular weight is 458 g/mol. The van der Waals surface area contributed by atoms with Gasteiger partial charge in [-0.15, -0.1) is 0 Å². The molecule has 3 rings (SSSR count). The maximum atomic E-state index is 12.6. The number of carbonyl (C=O) groups is 3. The Morgan fingerprint density at radius 3 is 2.03 bits per heavy atom. The number of aliphatic hydroxyl groups excluding tert-OH is 1. The van der Waals surface area contributed by atoms with Gasteiger partial charge in [0, 0.05) is 13.0 Å². The first-order valence-electron chi connectivity index (χ1n) is 10.6. The summed E-state index contributed by atoms with van der Waals surface area (Å²) in [6, 6.07) is 16.5. The van der Waals surface area contributed by atoms with Crippen molar-refractivity contribution in [2.45, 2.75) is 43.9 Å². The number of carboxylic acid groups (broad SMARTS) is 1. The lowest BCUT2D eigenvalue weighted by atomic mass is 10.0. The quantitative estimate of drug-likeness (QED) is 0.407. The Kier molecular flexibility index (Phi) is 8.94. The van der Waals surface area contributed by atoms with E-state index in [0.717, 1.165) is 0 Å². The molecule has 1 aliphatic heterocycles. The summed E-state index contributed by atoms with van der Waals surface area (Å²) in [5.41, 5.74) is 0.576. The molecule has 0 radical (unpaired) electrons. The van der Waals surface area contributed by atoms with Gasteiger partial charge >= 0.3 is 17.9 Å². The highest BCUT2D eigenvalue weighted by Crippen LogP contribution is 2.24. The summed E-state index contributed by atoms with van der Waals surface area (Å²) in [4.78, 5) is 35.8. The number of carbonyl (C=O) groups excluding carboxylic acids is 2. The second-order valence-electron chi connectivity index (χ2n) is 7.46. The summed E-state index contributed by atoms with van der Waals surface area (Å²) >= 11 is 0. The third kappa shape index (κ3) is 7.11. The zero-order chi connectivity index (χ0) is 23.6. The van der Waals surface area contributed by atoms with Crippen molar-refractivity contribution >= 4 is 17.9 Å². The monoisotopic (exact) mass is 458 g/mol. The Bertz CT molecular complexity index is 916. The normalized spacial score (nSPS) is 22.3. The molecule has 9 heteroatoms. The van der Waals surface area contributed by atoms with Crippen LogP contribution in [0.2, 0.25) is 0 Å². The van der Waals surface area contributed by atoms with Gasteiger partial charge in [0.05, 0.1) is 17.7 Å². The molecule has 1 fully saturated rings. The highest BCUT2D eigenvalue weighted by Gasteiger charge is 2.45. The molecule has 1 heterocycles. The Morgan fingerprint density at radius 1 is 0.879 bits per heavy atom. The van der Waals surface area contributed by atoms with E-state index in [0.29, 0.717) is 18.4 Å². The Hall–Kier alpha value is -3.27. The molecule has 33 heavy (non-hydrogen) atoms. The van der Waals surface area contributed by atoms with Crippen molar-refractivity contribution in [3.63, 3.8) is 0 Å². The number of hydrogen-bond acceptors (Lipinski definition) is 8. The lowest BCUT2D eigenvalue weighted by Crippen LogP contribution is -2.56. The van der Waals surface area contributed by atoms with Gasteiger partial charge < -0.3 is 29.2 Å².